The number of hydrogen-bond acceptors (Lipinski definition) is 6. The summed E-state index contributed by atoms with van der Waals surface area (Å²) in [7, 11) is 0. The van der Waals surface area contributed by atoms with Crippen molar-refractivity contribution in [2.45, 2.75) is 40.7 Å². The van der Waals surface area contributed by atoms with Crippen LogP contribution in [0.2, 0.25) is 0 Å². The first-order valence-corrected chi connectivity index (χ1v) is 11.9. The number of carbonyl (C=O) groups excluding carboxylic acids is 2. The van der Waals surface area contributed by atoms with Gasteiger partial charge in [-0.3, -0.25) is 14.6 Å². The topological polar surface area (TPSA) is 83.0 Å². The van der Waals surface area contributed by atoms with Crippen molar-refractivity contribution in [2.75, 3.05) is 32.8 Å². The SMILES string of the molecule is CCN(CC)CCN1C(=O)C(=O)C(=C(O)c2ccc(OCC(C)C)cc2C)[C@@H]1c1ccncc1. The van der Waals surface area contributed by atoms with Gasteiger partial charge in [0.25, 0.3) is 11.7 Å². The van der Waals surface area contributed by atoms with Crippen LogP contribution in [0.1, 0.15) is 50.4 Å². The van der Waals surface area contributed by atoms with Gasteiger partial charge in [0, 0.05) is 31.0 Å². The summed E-state index contributed by atoms with van der Waals surface area (Å²) in [5, 5.41) is 11.3. The first kappa shape index (κ1) is 25.4. The fourth-order valence-electron chi connectivity index (χ4n) is 4.19. The van der Waals surface area contributed by atoms with Crippen molar-refractivity contribution in [1.82, 2.24) is 14.8 Å². The van der Waals surface area contributed by atoms with Crippen LogP contribution in [0.4, 0.5) is 0 Å². The van der Waals surface area contributed by atoms with Crippen LogP contribution < -0.4 is 4.74 Å². The Kier molecular flexibility index (Phi) is 8.45. The van der Waals surface area contributed by atoms with Crippen molar-refractivity contribution in [3.8, 4) is 5.75 Å². The smallest absolute Gasteiger partial charge is 0.295 e. The number of amides is 1. The number of aliphatic hydroxyl groups is 1. The molecule has 0 saturated carbocycles. The molecule has 1 amide bonds. The van der Waals surface area contributed by atoms with Gasteiger partial charge in [-0.05, 0) is 67.4 Å². The molecule has 1 N–H and O–H groups in total. The number of hydrogen-bond donors (Lipinski definition) is 1. The molecule has 7 heteroatoms. The van der Waals surface area contributed by atoms with E-state index in [2.05, 4.69) is 37.6 Å². The lowest BCUT2D eigenvalue weighted by atomic mass is 9.94. The monoisotopic (exact) mass is 465 g/mol. The number of benzene rings is 1. The third-order valence-corrected chi connectivity index (χ3v) is 6.15. The Morgan fingerprint density at radius 1 is 1.15 bits per heavy atom. The Morgan fingerprint density at radius 2 is 1.82 bits per heavy atom. The Balaban J connectivity index is 2.03. The van der Waals surface area contributed by atoms with E-state index in [-0.39, 0.29) is 11.3 Å². The molecule has 1 aliphatic rings. The van der Waals surface area contributed by atoms with Crippen molar-refractivity contribution < 1.29 is 19.4 Å². The summed E-state index contributed by atoms with van der Waals surface area (Å²) in [6, 6.07) is 8.26. The van der Waals surface area contributed by atoms with Gasteiger partial charge in [0.2, 0.25) is 0 Å². The highest BCUT2D eigenvalue weighted by Gasteiger charge is 2.46. The molecule has 1 aliphatic heterocycles. The molecule has 1 atom stereocenters. The van der Waals surface area contributed by atoms with Crippen molar-refractivity contribution in [2.24, 2.45) is 5.92 Å². The summed E-state index contributed by atoms with van der Waals surface area (Å²) in [5.74, 6) is -0.337. The lowest BCUT2D eigenvalue weighted by Crippen LogP contribution is -2.38. The van der Waals surface area contributed by atoms with Crippen molar-refractivity contribution in [3.05, 3.63) is 65.0 Å². The molecule has 1 fully saturated rings. The summed E-state index contributed by atoms with van der Waals surface area (Å²) in [5.41, 5.74) is 2.12. The number of ketones is 1. The Labute approximate surface area is 202 Å². The number of aliphatic hydroxyl groups excluding tert-OH is 1. The van der Waals surface area contributed by atoms with Gasteiger partial charge in [-0.25, -0.2) is 0 Å². The highest BCUT2D eigenvalue weighted by molar-refractivity contribution is 6.46. The summed E-state index contributed by atoms with van der Waals surface area (Å²) < 4.78 is 5.79. The number of aromatic nitrogens is 1. The van der Waals surface area contributed by atoms with Crippen LogP contribution in [0, 0.1) is 12.8 Å². The molecular formula is C27H35N3O4. The predicted octanol–water partition coefficient (Wildman–Crippen LogP) is 4.19. The zero-order valence-corrected chi connectivity index (χ0v) is 20.7. The Hall–Kier alpha value is -3.19. The molecule has 0 aliphatic carbocycles. The normalized spacial score (nSPS) is 17.7. The summed E-state index contributed by atoms with van der Waals surface area (Å²) in [4.78, 5) is 34.1. The lowest BCUT2D eigenvalue weighted by molar-refractivity contribution is -0.140. The highest BCUT2D eigenvalue weighted by Crippen LogP contribution is 2.39. The van der Waals surface area contributed by atoms with Crippen LogP contribution in [-0.2, 0) is 9.59 Å². The first-order valence-electron chi connectivity index (χ1n) is 11.9. The second kappa shape index (κ2) is 11.3. The summed E-state index contributed by atoms with van der Waals surface area (Å²) in [6.07, 6.45) is 3.26. The van der Waals surface area contributed by atoms with E-state index in [1.165, 1.54) is 0 Å². The zero-order chi connectivity index (χ0) is 24.8. The van der Waals surface area contributed by atoms with Crippen LogP contribution in [0.15, 0.2) is 48.3 Å². The van der Waals surface area contributed by atoms with E-state index >= 15 is 0 Å². The molecule has 1 aromatic heterocycles. The first-order chi connectivity index (χ1) is 16.3. The van der Waals surface area contributed by atoms with Crippen molar-refractivity contribution in [3.63, 3.8) is 0 Å². The van der Waals surface area contributed by atoms with Crippen LogP contribution in [-0.4, -0.2) is 64.4 Å². The average molecular weight is 466 g/mol. The quantitative estimate of drug-likeness (QED) is 0.322. The van der Waals surface area contributed by atoms with Gasteiger partial charge in [0.1, 0.15) is 11.5 Å². The van der Waals surface area contributed by atoms with Gasteiger partial charge in [-0.1, -0.05) is 27.7 Å². The van der Waals surface area contributed by atoms with Gasteiger partial charge in [-0.15, -0.1) is 0 Å². The number of likely N-dealkylation sites (N-methyl/N-ethyl adjacent to an activating group) is 1. The largest absolute Gasteiger partial charge is 0.507 e. The Bertz CT molecular complexity index is 1050. The minimum Gasteiger partial charge on any atom is -0.507 e. The van der Waals surface area contributed by atoms with Crippen LogP contribution in [0.5, 0.6) is 5.75 Å². The number of carbonyl (C=O) groups is 2. The maximum Gasteiger partial charge on any atom is 0.295 e. The molecule has 0 spiro atoms. The standard InChI is InChI=1S/C27H35N3O4/c1-6-29(7-2)14-15-30-24(20-10-12-28-13-11-20)23(26(32)27(30)33)25(31)22-9-8-21(16-19(22)5)34-17-18(3)4/h8-13,16,18,24,31H,6-7,14-15,17H2,1-5H3/t24-/m0/s1. The fraction of sp³-hybridized carbons (Fsp3) is 0.444. The third kappa shape index (κ3) is 5.47. The average Bonchev–Trinajstić information content (AvgIpc) is 3.08. The summed E-state index contributed by atoms with van der Waals surface area (Å²) >= 11 is 0. The molecule has 182 valence electrons. The number of Topliss-reactive ketones (excluding diaryl/α,β-unsaturated/α-hetero) is 1. The molecule has 2 heterocycles. The van der Waals surface area contributed by atoms with Gasteiger partial charge < -0.3 is 19.6 Å². The molecule has 0 bridgehead atoms. The number of rotatable bonds is 10. The van der Waals surface area contributed by atoms with Crippen LogP contribution in [0.25, 0.3) is 5.76 Å². The molecule has 1 aromatic carbocycles. The molecule has 7 nitrogen and oxygen atoms in total. The second-order valence-electron chi connectivity index (χ2n) is 8.98. The van der Waals surface area contributed by atoms with E-state index in [1.807, 2.05) is 13.0 Å². The van der Waals surface area contributed by atoms with Gasteiger partial charge in [0.05, 0.1) is 18.2 Å². The summed E-state index contributed by atoms with van der Waals surface area (Å²) in [6.45, 7) is 13.5. The maximum absolute atomic E-state index is 13.2. The van der Waals surface area contributed by atoms with E-state index in [1.54, 1.807) is 41.6 Å². The predicted molar refractivity (Wildman–Crippen MR) is 133 cm³/mol. The number of pyridine rings is 1. The minimum absolute atomic E-state index is 0.106. The van der Waals surface area contributed by atoms with Crippen molar-refractivity contribution >= 4 is 17.4 Å². The molecule has 1 saturated heterocycles. The third-order valence-electron chi connectivity index (χ3n) is 6.15. The minimum atomic E-state index is -0.671. The van der Waals surface area contributed by atoms with Gasteiger partial charge in [0.15, 0.2) is 0 Å². The molecular weight excluding hydrogens is 430 g/mol. The van der Waals surface area contributed by atoms with Gasteiger partial charge in [-0.2, -0.15) is 0 Å². The zero-order valence-electron chi connectivity index (χ0n) is 20.7. The molecule has 34 heavy (non-hydrogen) atoms. The Morgan fingerprint density at radius 3 is 2.41 bits per heavy atom. The molecule has 0 unspecified atom stereocenters. The lowest BCUT2D eigenvalue weighted by Gasteiger charge is -2.28. The maximum atomic E-state index is 13.2. The number of likely N-dealkylation sites (tertiary alicyclic amines) is 1. The van der Waals surface area contributed by atoms with E-state index in [4.69, 9.17) is 4.74 Å². The molecule has 2 aromatic rings. The number of nitrogens with zero attached hydrogens (tertiary/aromatic N) is 3. The van der Waals surface area contributed by atoms with Crippen molar-refractivity contribution in [1.29, 1.82) is 0 Å². The van der Waals surface area contributed by atoms with E-state index in [9.17, 15) is 14.7 Å². The van der Waals surface area contributed by atoms with E-state index < -0.39 is 17.7 Å². The molecule has 3 rings (SSSR count). The number of aryl methyl sites for hydroxylation is 1. The fourth-order valence-corrected chi connectivity index (χ4v) is 4.19. The van der Waals surface area contributed by atoms with E-state index in [0.717, 1.165) is 24.2 Å². The second-order valence-corrected chi connectivity index (χ2v) is 8.98. The van der Waals surface area contributed by atoms with Crippen LogP contribution >= 0.6 is 0 Å². The number of ether oxygens (including phenoxy) is 1. The molecule has 0 radical (unpaired) electrons. The highest BCUT2D eigenvalue weighted by atomic mass is 16.5. The van der Waals surface area contributed by atoms with Gasteiger partial charge >= 0.3 is 0 Å². The van der Waals surface area contributed by atoms with E-state index in [0.29, 0.717) is 36.9 Å². The van der Waals surface area contributed by atoms with Crippen LogP contribution in [0.3, 0.4) is 0 Å².